The quantitative estimate of drug-likeness (QED) is 0.667. The molecular formula is C23H22N2O2. The number of hydrogen-bond acceptors (Lipinski definition) is 3. The van der Waals surface area contributed by atoms with Gasteiger partial charge in [0.2, 0.25) is 5.88 Å². The highest BCUT2D eigenvalue weighted by atomic mass is 16.5. The van der Waals surface area contributed by atoms with Crippen LogP contribution in [-0.2, 0) is 6.61 Å². The SMILES string of the molecule is O=C(c1ccccc1)N1CCCC1c1ccc(OCc2ccccc2)nc1. The predicted octanol–water partition coefficient (Wildman–Crippen LogP) is 4.64. The Morgan fingerprint density at radius 2 is 1.74 bits per heavy atom. The molecule has 4 heteroatoms. The molecule has 3 aromatic rings. The molecule has 1 aliphatic rings. The second kappa shape index (κ2) is 8.04. The fourth-order valence-corrected chi connectivity index (χ4v) is 3.51. The van der Waals surface area contributed by atoms with Crippen molar-refractivity contribution in [1.29, 1.82) is 0 Å². The third kappa shape index (κ3) is 4.00. The Labute approximate surface area is 159 Å². The number of hydrogen-bond donors (Lipinski definition) is 0. The third-order valence-corrected chi connectivity index (χ3v) is 4.91. The van der Waals surface area contributed by atoms with Crippen LogP contribution in [0.25, 0.3) is 0 Å². The van der Waals surface area contributed by atoms with E-state index in [1.165, 1.54) is 0 Å². The summed E-state index contributed by atoms with van der Waals surface area (Å²) in [4.78, 5) is 19.2. The number of ether oxygens (including phenoxy) is 1. The predicted molar refractivity (Wildman–Crippen MR) is 104 cm³/mol. The molecule has 1 aliphatic heterocycles. The number of pyridine rings is 1. The molecular weight excluding hydrogens is 336 g/mol. The van der Waals surface area contributed by atoms with E-state index in [4.69, 9.17) is 4.74 Å². The maximum Gasteiger partial charge on any atom is 0.254 e. The molecule has 1 aromatic heterocycles. The van der Waals surface area contributed by atoms with E-state index in [2.05, 4.69) is 4.98 Å². The lowest BCUT2D eigenvalue weighted by molar-refractivity contribution is 0.0735. The highest BCUT2D eigenvalue weighted by Crippen LogP contribution is 2.33. The summed E-state index contributed by atoms with van der Waals surface area (Å²) in [5, 5.41) is 0. The Bertz CT molecular complexity index is 879. The van der Waals surface area contributed by atoms with E-state index in [0.29, 0.717) is 12.5 Å². The number of carbonyl (C=O) groups excluding carboxylic acids is 1. The van der Waals surface area contributed by atoms with Crippen LogP contribution in [0, 0.1) is 0 Å². The summed E-state index contributed by atoms with van der Waals surface area (Å²) >= 11 is 0. The largest absolute Gasteiger partial charge is 0.473 e. The van der Waals surface area contributed by atoms with E-state index >= 15 is 0 Å². The van der Waals surface area contributed by atoms with Crippen LogP contribution >= 0.6 is 0 Å². The van der Waals surface area contributed by atoms with Crippen molar-refractivity contribution in [3.05, 3.63) is 95.7 Å². The molecule has 0 saturated carbocycles. The molecule has 1 unspecified atom stereocenters. The van der Waals surface area contributed by atoms with E-state index in [1.54, 1.807) is 0 Å². The molecule has 0 radical (unpaired) electrons. The summed E-state index contributed by atoms with van der Waals surface area (Å²) < 4.78 is 5.76. The van der Waals surface area contributed by atoms with Crippen molar-refractivity contribution in [2.75, 3.05) is 6.54 Å². The molecule has 27 heavy (non-hydrogen) atoms. The van der Waals surface area contributed by atoms with E-state index in [0.717, 1.165) is 36.1 Å². The number of nitrogens with zero attached hydrogens (tertiary/aromatic N) is 2. The van der Waals surface area contributed by atoms with Crippen molar-refractivity contribution in [2.24, 2.45) is 0 Å². The van der Waals surface area contributed by atoms with Gasteiger partial charge in [-0.3, -0.25) is 4.79 Å². The highest BCUT2D eigenvalue weighted by molar-refractivity contribution is 5.94. The zero-order valence-electron chi connectivity index (χ0n) is 15.1. The van der Waals surface area contributed by atoms with Crippen molar-refractivity contribution < 1.29 is 9.53 Å². The molecule has 136 valence electrons. The molecule has 0 spiro atoms. The first kappa shape index (κ1) is 17.3. The van der Waals surface area contributed by atoms with Gasteiger partial charge in [0.05, 0.1) is 6.04 Å². The van der Waals surface area contributed by atoms with Crippen molar-refractivity contribution in [3.8, 4) is 5.88 Å². The van der Waals surface area contributed by atoms with Crippen LogP contribution in [0.3, 0.4) is 0 Å². The number of carbonyl (C=O) groups is 1. The first-order valence-electron chi connectivity index (χ1n) is 9.30. The van der Waals surface area contributed by atoms with Gasteiger partial charge in [-0.1, -0.05) is 54.6 Å². The molecule has 4 nitrogen and oxygen atoms in total. The average molecular weight is 358 g/mol. The van der Waals surface area contributed by atoms with Gasteiger partial charge in [0.15, 0.2) is 0 Å². The summed E-state index contributed by atoms with van der Waals surface area (Å²) in [7, 11) is 0. The van der Waals surface area contributed by atoms with Crippen LogP contribution in [0.4, 0.5) is 0 Å². The van der Waals surface area contributed by atoms with E-state index < -0.39 is 0 Å². The Balaban J connectivity index is 1.44. The van der Waals surface area contributed by atoms with Crippen molar-refractivity contribution >= 4 is 5.91 Å². The summed E-state index contributed by atoms with van der Waals surface area (Å²) in [6.07, 6.45) is 3.81. The number of rotatable bonds is 5. The zero-order valence-corrected chi connectivity index (χ0v) is 15.1. The number of likely N-dealkylation sites (tertiary alicyclic amines) is 1. The van der Waals surface area contributed by atoms with E-state index in [1.807, 2.05) is 83.9 Å². The van der Waals surface area contributed by atoms with E-state index in [-0.39, 0.29) is 11.9 Å². The monoisotopic (exact) mass is 358 g/mol. The lowest BCUT2D eigenvalue weighted by Gasteiger charge is -2.25. The first-order chi connectivity index (χ1) is 13.3. The first-order valence-corrected chi connectivity index (χ1v) is 9.30. The molecule has 2 heterocycles. The van der Waals surface area contributed by atoms with Gasteiger partial charge in [0, 0.05) is 24.4 Å². The third-order valence-electron chi connectivity index (χ3n) is 4.91. The summed E-state index contributed by atoms with van der Waals surface area (Å²) in [6.45, 7) is 1.28. The van der Waals surface area contributed by atoms with Crippen molar-refractivity contribution in [1.82, 2.24) is 9.88 Å². The maximum absolute atomic E-state index is 12.8. The molecule has 4 rings (SSSR count). The van der Waals surface area contributed by atoms with Gasteiger partial charge in [-0.25, -0.2) is 4.98 Å². The number of amides is 1. The molecule has 1 amide bonds. The molecule has 2 aromatic carbocycles. The molecule has 0 aliphatic carbocycles. The van der Waals surface area contributed by atoms with Crippen LogP contribution < -0.4 is 4.74 Å². The van der Waals surface area contributed by atoms with Gasteiger partial charge < -0.3 is 9.64 Å². The van der Waals surface area contributed by atoms with Gasteiger partial charge in [-0.05, 0) is 36.1 Å². The molecule has 0 bridgehead atoms. The minimum absolute atomic E-state index is 0.0772. The zero-order chi connectivity index (χ0) is 18.5. The second-order valence-corrected chi connectivity index (χ2v) is 6.73. The summed E-state index contributed by atoms with van der Waals surface area (Å²) in [6, 6.07) is 23.5. The van der Waals surface area contributed by atoms with Gasteiger partial charge in [0.1, 0.15) is 6.61 Å². The van der Waals surface area contributed by atoms with E-state index in [9.17, 15) is 4.79 Å². The lowest BCUT2D eigenvalue weighted by Crippen LogP contribution is -2.30. The Hall–Kier alpha value is -3.14. The lowest BCUT2D eigenvalue weighted by atomic mass is 10.1. The van der Waals surface area contributed by atoms with Gasteiger partial charge in [0.25, 0.3) is 5.91 Å². The Morgan fingerprint density at radius 3 is 2.44 bits per heavy atom. The fraction of sp³-hybridized carbons (Fsp3) is 0.217. The maximum atomic E-state index is 12.8. The second-order valence-electron chi connectivity index (χ2n) is 6.73. The molecule has 1 saturated heterocycles. The molecule has 0 N–H and O–H groups in total. The smallest absolute Gasteiger partial charge is 0.254 e. The fourth-order valence-electron chi connectivity index (χ4n) is 3.51. The average Bonchev–Trinajstić information content (AvgIpc) is 3.23. The Morgan fingerprint density at radius 1 is 1.00 bits per heavy atom. The molecule has 1 fully saturated rings. The molecule has 1 atom stereocenters. The van der Waals surface area contributed by atoms with Gasteiger partial charge in [-0.2, -0.15) is 0 Å². The van der Waals surface area contributed by atoms with Crippen LogP contribution in [0.1, 0.15) is 40.4 Å². The van der Waals surface area contributed by atoms with Crippen LogP contribution in [0.2, 0.25) is 0 Å². The normalized spacial score (nSPS) is 16.3. The standard InChI is InChI=1S/C23H22N2O2/c26-23(19-10-5-2-6-11-19)25-15-7-12-21(25)20-13-14-22(24-16-20)27-17-18-8-3-1-4-9-18/h1-6,8-11,13-14,16,21H,7,12,15,17H2. The number of aromatic nitrogens is 1. The summed E-state index contributed by atoms with van der Waals surface area (Å²) in [5.41, 5.74) is 2.91. The highest BCUT2D eigenvalue weighted by Gasteiger charge is 2.30. The van der Waals surface area contributed by atoms with Crippen molar-refractivity contribution in [2.45, 2.75) is 25.5 Å². The summed E-state index contributed by atoms with van der Waals surface area (Å²) in [5.74, 6) is 0.684. The van der Waals surface area contributed by atoms with Crippen LogP contribution in [0.15, 0.2) is 79.0 Å². The minimum Gasteiger partial charge on any atom is -0.473 e. The van der Waals surface area contributed by atoms with Crippen molar-refractivity contribution in [3.63, 3.8) is 0 Å². The van der Waals surface area contributed by atoms with Crippen LogP contribution in [0.5, 0.6) is 5.88 Å². The Kier molecular flexibility index (Phi) is 5.15. The topological polar surface area (TPSA) is 42.4 Å². The minimum atomic E-state index is 0.0772. The van der Waals surface area contributed by atoms with Crippen LogP contribution in [-0.4, -0.2) is 22.3 Å². The number of benzene rings is 2. The van der Waals surface area contributed by atoms with Gasteiger partial charge in [-0.15, -0.1) is 0 Å². The van der Waals surface area contributed by atoms with Gasteiger partial charge >= 0.3 is 0 Å².